The van der Waals surface area contributed by atoms with Crippen molar-refractivity contribution in [1.29, 1.82) is 0 Å². The lowest BCUT2D eigenvalue weighted by Gasteiger charge is -2.31. The molecule has 1 N–H and O–H groups in total. The van der Waals surface area contributed by atoms with Gasteiger partial charge in [0.1, 0.15) is 5.82 Å². The molecule has 0 aliphatic carbocycles. The van der Waals surface area contributed by atoms with Crippen LogP contribution in [-0.2, 0) is 6.42 Å². The van der Waals surface area contributed by atoms with Crippen LogP contribution in [0.5, 0.6) is 0 Å². The van der Waals surface area contributed by atoms with E-state index in [4.69, 9.17) is 0 Å². The van der Waals surface area contributed by atoms with Gasteiger partial charge in [-0.2, -0.15) is 0 Å². The SMILES string of the molecule is CCNC(CCCc1ccccc1F)C(C)(C)C. The van der Waals surface area contributed by atoms with Crippen molar-refractivity contribution in [2.75, 3.05) is 6.54 Å². The average molecular weight is 251 g/mol. The largest absolute Gasteiger partial charge is 0.314 e. The highest BCUT2D eigenvalue weighted by atomic mass is 19.1. The molecule has 1 rings (SSSR count). The summed E-state index contributed by atoms with van der Waals surface area (Å²) in [5.74, 6) is -0.0757. The summed E-state index contributed by atoms with van der Waals surface area (Å²) in [5, 5.41) is 3.53. The summed E-state index contributed by atoms with van der Waals surface area (Å²) in [6.45, 7) is 9.88. The van der Waals surface area contributed by atoms with Crippen molar-refractivity contribution < 1.29 is 4.39 Å². The Morgan fingerprint density at radius 2 is 1.89 bits per heavy atom. The van der Waals surface area contributed by atoms with Crippen molar-refractivity contribution in [3.05, 3.63) is 35.6 Å². The first-order valence-electron chi connectivity index (χ1n) is 6.92. The zero-order valence-electron chi connectivity index (χ0n) is 12.1. The summed E-state index contributed by atoms with van der Waals surface area (Å²) in [7, 11) is 0. The van der Waals surface area contributed by atoms with Crippen LogP contribution in [0.1, 0.15) is 46.1 Å². The fourth-order valence-corrected chi connectivity index (χ4v) is 2.29. The molecule has 102 valence electrons. The Kier molecular flexibility index (Phi) is 5.80. The summed E-state index contributed by atoms with van der Waals surface area (Å²) in [6.07, 6.45) is 2.94. The minimum atomic E-state index is -0.0757. The normalized spacial score (nSPS) is 13.6. The van der Waals surface area contributed by atoms with Gasteiger partial charge in [0.25, 0.3) is 0 Å². The second-order valence-corrected chi connectivity index (χ2v) is 5.96. The zero-order valence-corrected chi connectivity index (χ0v) is 12.1. The maximum atomic E-state index is 13.5. The van der Waals surface area contributed by atoms with Gasteiger partial charge in [-0.3, -0.25) is 0 Å². The Balaban J connectivity index is 2.47. The van der Waals surface area contributed by atoms with Crippen LogP contribution >= 0.6 is 0 Å². The van der Waals surface area contributed by atoms with Gasteiger partial charge in [0.15, 0.2) is 0 Å². The monoisotopic (exact) mass is 251 g/mol. The van der Waals surface area contributed by atoms with Crippen LogP contribution in [0.15, 0.2) is 24.3 Å². The van der Waals surface area contributed by atoms with Crippen LogP contribution in [0, 0.1) is 11.2 Å². The van der Waals surface area contributed by atoms with Gasteiger partial charge in [-0.1, -0.05) is 45.9 Å². The van der Waals surface area contributed by atoms with Gasteiger partial charge < -0.3 is 5.32 Å². The number of halogens is 1. The van der Waals surface area contributed by atoms with Gasteiger partial charge >= 0.3 is 0 Å². The number of aryl methyl sites for hydroxylation is 1. The van der Waals surface area contributed by atoms with Crippen LogP contribution in [0.4, 0.5) is 4.39 Å². The predicted octanol–water partition coefficient (Wildman–Crippen LogP) is 4.17. The standard InChI is InChI=1S/C16H26FN/c1-5-18-15(16(2,3)4)12-8-10-13-9-6-7-11-14(13)17/h6-7,9,11,15,18H,5,8,10,12H2,1-4H3. The third-order valence-electron chi connectivity index (χ3n) is 3.39. The van der Waals surface area contributed by atoms with E-state index in [-0.39, 0.29) is 11.2 Å². The summed E-state index contributed by atoms with van der Waals surface area (Å²) in [4.78, 5) is 0. The zero-order chi connectivity index (χ0) is 13.6. The summed E-state index contributed by atoms with van der Waals surface area (Å²) in [6, 6.07) is 7.57. The molecule has 0 heterocycles. The van der Waals surface area contributed by atoms with Crippen molar-refractivity contribution in [2.45, 2.75) is 53.0 Å². The minimum absolute atomic E-state index is 0.0757. The van der Waals surface area contributed by atoms with E-state index in [9.17, 15) is 4.39 Å². The first kappa shape index (κ1) is 15.2. The van der Waals surface area contributed by atoms with Gasteiger partial charge in [0.2, 0.25) is 0 Å². The van der Waals surface area contributed by atoms with E-state index in [0.29, 0.717) is 6.04 Å². The first-order valence-corrected chi connectivity index (χ1v) is 6.92. The van der Waals surface area contributed by atoms with Crippen molar-refractivity contribution in [3.8, 4) is 0 Å². The molecule has 0 saturated carbocycles. The molecule has 0 fully saturated rings. The molecule has 0 bridgehead atoms. The van der Waals surface area contributed by atoms with E-state index < -0.39 is 0 Å². The number of rotatable bonds is 6. The number of benzene rings is 1. The molecule has 1 aromatic rings. The molecular formula is C16H26FN. The summed E-state index contributed by atoms with van der Waals surface area (Å²) in [5.41, 5.74) is 1.09. The van der Waals surface area contributed by atoms with Crippen LogP contribution in [0.2, 0.25) is 0 Å². The van der Waals surface area contributed by atoms with Crippen molar-refractivity contribution in [2.24, 2.45) is 5.41 Å². The molecule has 1 unspecified atom stereocenters. The third kappa shape index (κ3) is 4.77. The van der Waals surface area contributed by atoms with E-state index in [0.717, 1.165) is 31.4 Å². The molecule has 0 aromatic heterocycles. The van der Waals surface area contributed by atoms with Crippen LogP contribution < -0.4 is 5.32 Å². The first-order chi connectivity index (χ1) is 8.45. The highest BCUT2D eigenvalue weighted by Crippen LogP contribution is 2.23. The highest BCUT2D eigenvalue weighted by Gasteiger charge is 2.22. The maximum absolute atomic E-state index is 13.5. The Labute approximate surface area is 111 Å². The lowest BCUT2D eigenvalue weighted by molar-refractivity contribution is 0.254. The Morgan fingerprint density at radius 1 is 1.22 bits per heavy atom. The van der Waals surface area contributed by atoms with E-state index >= 15 is 0 Å². The number of hydrogen-bond donors (Lipinski definition) is 1. The van der Waals surface area contributed by atoms with Crippen LogP contribution in [0.3, 0.4) is 0 Å². The van der Waals surface area contributed by atoms with Crippen LogP contribution in [0.25, 0.3) is 0 Å². The molecule has 1 atom stereocenters. The lowest BCUT2D eigenvalue weighted by atomic mass is 9.83. The van der Waals surface area contributed by atoms with Gasteiger partial charge in [0, 0.05) is 6.04 Å². The van der Waals surface area contributed by atoms with E-state index in [2.05, 4.69) is 33.0 Å². The molecule has 0 amide bonds. The molecule has 18 heavy (non-hydrogen) atoms. The smallest absolute Gasteiger partial charge is 0.126 e. The molecule has 0 aliphatic rings. The lowest BCUT2D eigenvalue weighted by Crippen LogP contribution is -2.40. The molecule has 0 spiro atoms. The van der Waals surface area contributed by atoms with Gasteiger partial charge in [0.05, 0.1) is 0 Å². The van der Waals surface area contributed by atoms with Crippen molar-refractivity contribution in [1.82, 2.24) is 5.32 Å². The van der Waals surface area contributed by atoms with Crippen molar-refractivity contribution in [3.63, 3.8) is 0 Å². The van der Waals surface area contributed by atoms with Crippen molar-refractivity contribution >= 4 is 0 Å². The Bertz CT molecular complexity index is 354. The second-order valence-electron chi connectivity index (χ2n) is 5.96. The third-order valence-corrected chi connectivity index (χ3v) is 3.39. The van der Waals surface area contributed by atoms with Gasteiger partial charge in [-0.15, -0.1) is 0 Å². The highest BCUT2D eigenvalue weighted by molar-refractivity contribution is 5.17. The predicted molar refractivity (Wildman–Crippen MR) is 76.3 cm³/mol. The molecule has 1 aromatic carbocycles. The average Bonchev–Trinajstić information content (AvgIpc) is 2.29. The number of nitrogens with one attached hydrogen (secondary N) is 1. The maximum Gasteiger partial charge on any atom is 0.126 e. The summed E-state index contributed by atoms with van der Waals surface area (Å²) >= 11 is 0. The quantitative estimate of drug-likeness (QED) is 0.800. The van der Waals surface area contributed by atoms with Crippen LogP contribution in [-0.4, -0.2) is 12.6 Å². The molecule has 0 radical (unpaired) electrons. The minimum Gasteiger partial charge on any atom is -0.314 e. The van der Waals surface area contributed by atoms with Gasteiger partial charge in [-0.05, 0) is 42.9 Å². The molecule has 0 saturated heterocycles. The van der Waals surface area contributed by atoms with E-state index in [1.165, 1.54) is 0 Å². The van der Waals surface area contributed by atoms with Gasteiger partial charge in [-0.25, -0.2) is 4.39 Å². The summed E-state index contributed by atoms with van der Waals surface area (Å²) < 4.78 is 13.5. The van der Waals surface area contributed by atoms with E-state index in [1.54, 1.807) is 12.1 Å². The Morgan fingerprint density at radius 3 is 2.44 bits per heavy atom. The Hall–Kier alpha value is -0.890. The molecular weight excluding hydrogens is 225 g/mol. The van der Waals surface area contributed by atoms with E-state index in [1.807, 2.05) is 12.1 Å². The molecule has 2 heteroatoms. The molecule has 1 nitrogen and oxygen atoms in total. The topological polar surface area (TPSA) is 12.0 Å². The number of hydrogen-bond acceptors (Lipinski definition) is 1. The fourth-order valence-electron chi connectivity index (χ4n) is 2.29. The molecule has 0 aliphatic heterocycles. The fraction of sp³-hybridized carbons (Fsp3) is 0.625. The second kappa shape index (κ2) is 6.89.